The minimum Gasteiger partial charge on any atom is -0.348 e. The van der Waals surface area contributed by atoms with Crippen molar-refractivity contribution in [1.82, 2.24) is 9.47 Å². The molecule has 0 bridgehead atoms. The first-order valence-electron chi connectivity index (χ1n) is 10.0. The molecular formula is C23H24N4O2S. The van der Waals surface area contributed by atoms with Crippen LogP contribution in [0, 0.1) is 17.0 Å². The van der Waals surface area contributed by atoms with Gasteiger partial charge in [0.1, 0.15) is 0 Å². The fourth-order valence-electron chi connectivity index (χ4n) is 4.11. The maximum Gasteiger partial charge on any atom is 0.269 e. The first-order valence-corrected chi connectivity index (χ1v) is 10.5. The number of non-ortho nitro benzene ring substituents is 1. The Balaban J connectivity index is 1.69. The summed E-state index contributed by atoms with van der Waals surface area (Å²) in [5, 5.41) is 15.2. The standard InChI is InChI=1S/C23H24N4O2S/c1-3-17-7-4-6-16(2)21(17)24-23(30)26-15-14-25-13-5-8-20(25)22(26)18-9-11-19(12-10-18)27(28)29/h4-13,22H,3,14-15H2,1-2H3,(H,24,30)/t22-/m0/s1. The Hall–Kier alpha value is -3.19. The Kier molecular flexibility index (Phi) is 5.55. The summed E-state index contributed by atoms with van der Waals surface area (Å²) in [5.41, 5.74) is 5.64. The number of rotatable bonds is 4. The van der Waals surface area contributed by atoms with Crippen LogP contribution in [0.3, 0.4) is 0 Å². The van der Waals surface area contributed by atoms with E-state index in [1.54, 1.807) is 12.1 Å². The van der Waals surface area contributed by atoms with Gasteiger partial charge in [-0.25, -0.2) is 0 Å². The maximum atomic E-state index is 11.1. The molecule has 3 aromatic rings. The molecule has 154 valence electrons. The molecule has 4 rings (SSSR count). The molecule has 0 amide bonds. The van der Waals surface area contributed by atoms with Crippen LogP contribution in [-0.4, -0.2) is 26.0 Å². The Morgan fingerprint density at radius 3 is 2.63 bits per heavy atom. The minimum absolute atomic E-state index is 0.0877. The molecule has 1 aromatic heterocycles. The molecule has 0 saturated carbocycles. The van der Waals surface area contributed by atoms with E-state index in [0.717, 1.165) is 42.0 Å². The van der Waals surface area contributed by atoms with E-state index in [9.17, 15) is 10.1 Å². The molecule has 0 fully saturated rings. The molecule has 1 aliphatic heterocycles. The lowest BCUT2D eigenvalue weighted by atomic mass is 10.00. The number of aryl methyl sites for hydroxylation is 2. The van der Waals surface area contributed by atoms with Gasteiger partial charge in [-0.1, -0.05) is 25.1 Å². The summed E-state index contributed by atoms with van der Waals surface area (Å²) in [4.78, 5) is 12.9. The molecule has 1 N–H and O–H groups in total. The Morgan fingerprint density at radius 1 is 1.17 bits per heavy atom. The van der Waals surface area contributed by atoms with E-state index in [1.165, 1.54) is 5.56 Å². The van der Waals surface area contributed by atoms with Gasteiger partial charge in [0.2, 0.25) is 0 Å². The summed E-state index contributed by atoms with van der Waals surface area (Å²) in [7, 11) is 0. The number of hydrogen-bond donors (Lipinski definition) is 1. The second-order valence-corrected chi connectivity index (χ2v) is 7.85. The molecular weight excluding hydrogens is 396 g/mol. The van der Waals surface area contributed by atoms with Crippen molar-refractivity contribution in [3.63, 3.8) is 0 Å². The average molecular weight is 421 g/mol. The highest BCUT2D eigenvalue weighted by molar-refractivity contribution is 7.80. The van der Waals surface area contributed by atoms with Crippen molar-refractivity contribution in [1.29, 1.82) is 0 Å². The van der Waals surface area contributed by atoms with Crippen LogP contribution in [0.15, 0.2) is 60.8 Å². The molecule has 6 nitrogen and oxygen atoms in total. The summed E-state index contributed by atoms with van der Waals surface area (Å²) in [6.07, 6.45) is 2.99. The lowest BCUT2D eigenvalue weighted by Crippen LogP contribution is -2.44. The van der Waals surface area contributed by atoms with Crippen molar-refractivity contribution in [2.45, 2.75) is 32.9 Å². The highest BCUT2D eigenvalue weighted by Gasteiger charge is 2.31. The molecule has 0 radical (unpaired) electrons. The zero-order chi connectivity index (χ0) is 21.3. The zero-order valence-electron chi connectivity index (χ0n) is 17.0. The number of benzene rings is 2. The molecule has 2 heterocycles. The molecule has 0 spiro atoms. The third-order valence-corrected chi connectivity index (χ3v) is 6.03. The number of anilines is 1. The van der Waals surface area contributed by atoms with Crippen molar-refractivity contribution in [3.8, 4) is 0 Å². The zero-order valence-corrected chi connectivity index (χ0v) is 17.9. The number of para-hydroxylation sites is 1. The topological polar surface area (TPSA) is 63.3 Å². The Bertz CT molecular complexity index is 1090. The maximum absolute atomic E-state index is 11.1. The SMILES string of the molecule is CCc1cccc(C)c1NC(=S)N1CCn2cccc2[C@@H]1c1ccc([N+](=O)[O-])cc1. The largest absolute Gasteiger partial charge is 0.348 e. The van der Waals surface area contributed by atoms with Gasteiger partial charge >= 0.3 is 0 Å². The number of nitrogens with zero attached hydrogens (tertiary/aromatic N) is 3. The quantitative estimate of drug-likeness (QED) is 0.363. The van der Waals surface area contributed by atoms with Crippen molar-refractivity contribution in [3.05, 3.63) is 93.3 Å². The average Bonchev–Trinajstić information content (AvgIpc) is 3.23. The van der Waals surface area contributed by atoms with Crippen LogP contribution in [-0.2, 0) is 13.0 Å². The van der Waals surface area contributed by atoms with Gasteiger partial charge in [-0.3, -0.25) is 10.1 Å². The van der Waals surface area contributed by atoms with Crippen LogP contribution in [0.25, 0.3) is 0 Å². The summed E-state index contributed by atoms with van der Waals surface area (Å²) in [6.45, 7) is 5.81. The summed E-state index contributed by atoms with van der Waals surface area (Å²) in [5.74, 6) is 0. The van der Waals surface area contributed by atoms with Crippen LogP contribution >= 0.6 is 12.2 Å². The van der Waals surface area contributed by atoms with Gasteiger partial charge in [0, 0.05) is 42.8 Å². The second-order valence-electron chi connectivity index (χ2n) is 7.46. The van der Waals surface area contributed by atoms with Gasteiger partial charge < -0.3 is 14.8 Å². The Morgan fingerprint density at radius 2 is 1.93 bits per heavy atom. The molecule has 0 aliphatic carbocycles. The summed E-state index contributed by atoms with van der Waals surface area (Å²) >= 11 is 5.87. The molecule has 1 aliphatic rings. The fourth-order valence-corrected chi connectivity index (χ4v) is 4.41. The first kappa shape index (κ1) is 20.1. The monoisotopic (exact) mass is 420 g/mol. The van der Waals surface area contributed by atoms with Crippen molar-refractivity contribution < 1.29 is 4.92 Å². The van der Waals surface area contributed by atoms with E-state index < -0.39 is 0 Å². The third-order valence-electron chi connectivity index (χ3n) is 5.69. The molecule has 7 heteroatoms. The number of thiocarbonyl (C=S) groups is 1. The van der Waals surface area contributed by atoms with Crippen LogP contribution in [0.4, 0.5) is 11.4 Å². The van der Waals surface area contributed by atoms with Crippen molar-refractivity contribution in [2.75, 3.05) is 11.9 Å². The third kappa shape index (κ3) is 3.68. The minimum atomic E-state index is -0.373. The number of nitrogens with one attached hydrogen (secondary N) is 1. The van der Waals surface area contributed by atoms with E-state index in [0.29, 0.717) is 5.11 Å². The fraction of sp³-hybridized carbons (Fsp3) is 0.261. The van der Waals surface area contributed by atoms with E-state index in [2.05, 4.69) is 59.1 Å². The van der Waals surface area contributed by atoms with Crippen molar-refractivity contribution in [2.24, 2.45) is 0 Å². The molecule has 1 atom stereocenters. The van der Waals surface area contributed by atoms with Crippen LogP contribution in [0.2, 0.25) is 0 Å². The number of aromatic nitrogens is 1. The van der Waals surface area contributed by atoms with E-state index >= 15 is 0 Å². The number of hydrogen-bond acceptors (Lipinski definition) is 3. The molecule has 0 unspecified atom stereocenters. The van der Waals surface area contributed by atoms with Gasteiger partial charge in [-0.05, 0) is 66.5 Å². The summed E-state index contributed by atoms with van der Waals surface area (Å²) < 4.78 is 2.22. The molecule has 30 heavy (non-hydrogen) atoms. The van der Waals surface area contributed by atoms with Crippen LogP contribution in [0.5, 0.6) is 0 Å². The normalized spacial score (nSPS) is 15.5. The lowest BCUT2D eigenvalue weighted by molar-refractivity contribution is -0.384. The first-order chi connectivity index (χ1) is 14.5. The van der Waals surface area contributed by atoms with Gasteiger partial charge in [-0.2, -0.15) is 0 Å². The number of fused-ring (bicyclic) bond motifs is 1. The number of nitro groups is 1. The van der Waals surface area contributed by atoms with Gasteiger partial charge in [0.25, 0.3) is 5.69 Å². The smallest absolute Gasteiger partial charge is 0.269 e. The van der Waals surface area contributed by atoms with Gasteiger partial charge in [0.15, 0.2) is 5.11 Å². The van der Waals surface area contributed by atoms with Crippen molar-refractivity contribution >= 4 is 28.7 Å². The number of nitro benzene ring substituents is 1. The van der Waals surface area contributed by atoms with Crippen LogP contribution < -0.4 is 5.32 Å². The lowest BCUT2D eigenvalue weighted by Gasteiger charge is -2.39. The predicted molar refractivity (Wildman–Crippen MR) is 123 cm³/mol. The van der Waals surface area contributed by atoms with E-state index in [1.807, 2.05) is 18.2 Å². The predicted octanol–water partition coefficient (Wildman–Crippen LogP) is 5.07. The van der Waals surface area contributed by atoms with Gasteiger partial charge in [-0.15, -0.1) is 0 Å². The van der Waals surface area contributed by atoms with Gasteiger partial charge in [0.05, 0.1) is 11.0 Å². The molecule has 2 aromatic carbocycles. The molecule has 0 saturated heterocycles. The summed E-state index contributed by atoms with van der Waals surface area (Å²) in [6, 6.07) is 17.0. The van der Waals surface area contributed by atoms with Crippen LogP contribution in [0.1, 0.15) is 35.3 Å². The highest BCUT2D eigenvalue weighted by atomic mass is 32.1. The van der Waals surface area contributed by atoms with E-state index in [-0.39, 0.29) is 16.7 Å². The Labute approximate surface area is 181 Å². The second kappa shape index (κ2) is 8.28. The van der Waals surface area contributed by atoms with E-state index in [4.69, 9.17) is 12.2 Å². The highest BCUT2D eigenvalue weighted by Crippen LogP contribution is 2.34.